The van der Waals surface area contributed by atoms with E-state index in [1.807, 2.05) is 10.9 Å². The van der Waals surface area contributed by atoms with Gasteiger partial charge in [-0.2, -0.15) is 5.10 Å². The van der Waals surface area contributed by atoms with Gasteiger partial charge in [0.1, 0.15) is 0 Å². The molecule has 1 heterocycles. The van der Waals surface area contributed by atoms with Gasteiger partial charge in [0, 0.05) is 18.3 Å². The van der Waals surface area contributed by atoms with E-state index in [1.165, 1.54) is 16.7 Å². The SMILES string of the molecule is CCCNCc1cnn(-c2cc(C)cc(C)c2)c1. The van der Waals surface area contributed by atoms with Crippen molar-refractivity contribution in [3.8, 4) is 5.69 Å². The van der Waals surface area contributed by atoms with E-state index in [1.54, 1.807) is 0 Å². The molecular weight excluding hydrogens is 222 g/mol. The second-order valence-electron chi connectivity index (χ2n) is 4.82. The second kappa shape index (κ2) is 5.83. The Morgan fingerprint density at radius 2 is 1.89 bits per heavy atom. The molecule has 0 fully saturated rings. The minimum atomic E-state index is 0.888. The highest BCUT2D eigenvalue weighted by atomic mass is 15.3. The third-order valence-corrected chi connectivity index (χ3v) is 2.86. The van der Waals surface area contributed by atoms with Crippen LogP contribution in [0.3, 0.4) is 0 Å². The van der Waals surface area contributed by atoms with Crippen LogP contribution in [0, 0.1) is 13.8 Å². The quantitative estimate of drug-likeness (QED) is 0.818. The summed E-state index contributed by atoms with van der Waals surface area (Å²) < 4.78 is 1.95. The highest BCUT2D eigenvalue weighted by Gasteiger charge is 2.02. The lowest BCUT2D eigenvalue weighted by Crippen LogP contribution is -2.13. The maximum atomic E-state index is 4.42. The van der Waals surface area contributed by atoms with E-state index < -0.39 is 0 Å². The van der Waals surface area contributed by atoms with Crippen molar-refractivity contribution in [3.05, 3.63) is 47.3 Å². The Bertz CT molecular complexity index is 494. The van der Waals surface area contributed by atoms with Crippen LogP contribution in [0.2, 0.25) is 0 Å². The molecule has 18 heavy (non-hydrogen) atoms. The Balaban J connectivity index is 2.13. The summed E-state index contributed by atoms with van der Waals surface area (Å²) in [7, 11) is 0. The number of rotatable bonds is 5. The third kappa shape index (κ3) is 3.20. The van der Waals surface area contributed by atoms with E-state index in [2.05, 4.69) is 55.6 Å². The zero-order chi connectivity index (χ0) is 13.0. The first-order chi connectivity index (χ1) is 8.69. The van der Waals surface area contributed by atoms with Gasteiger partial charge in [-0.1, -0.05) is 13.0 Å². The summed E-state index contributed by atoms with van der Waals surface area (Å²) >= 11 is 0. The molecule has 0 aliphatic carbocycles. The van der Waals surface area contributed by atoms with Crippen molar-refractivity contribution >= 4 is 0 Å². The van der Waals surface area contributed by atoms with Crippen LogP contribution in [-0.2, 0) is 6.54 Å². The number of hydrogen-bond donors (Lipinski definition) is 1. The molecular formula is C15H21N3. The van der Waals surface area contributed by atoms with Gasteiger partial charge >= 0.3 is 0 Å². The fourth-order valence-electron chi connectivity index (χ4n) is 2.09. The summed E-state index contributed by atoms with van der Waals surface area (Å²) in [6, 6.07) is 6.49. The lowest BCUT2D eigenvalue weighted by atomic mass is 10.1. The van der Waals surface area contributed by atoms with Crippen LogP contribution in [0.15, 0.2) is 30.6 Å². The van der Waals surface area contributed by atoms with Gasteiger partial charge < -0.3 is 5.32 Å². The summed E-state index contributed by atoms with van der Waals surface area (Å²) in [6.45, 7) is 8.34. The van der Waals surface area contributed by atoms with Crippen LogP contribution in [0.1, 0.15) is 30.0 Å². The predicted molar refractivity (Wildman–Crippen MR) is 75.0 cm³/mol. The Morgan fingerprint density at radius 1 is 1.17 bits per heavy atom. The summed E-state index contributed by atoms with van der Waals surface area (Å²) in [5.41, 5.74) is 4.90. The molecule has 1 aromatic carbocycles. The molecule has 0 saturated heterocycles. The Morgan fingerprint density at radius 3 is 2.56 bits per heavy atom. The first-order valence-corrected chi connectivity index (χ1v) is 6.52. The molecule has 0 radical (unpaired) electrons. The van der Waals surface area contributed by atoms with Gasteiger partial charge in [0.05, 0.1) is 11.9 Å². The fourth-order valence-corrected chi connectivity index (χ4v) is 2.09. The lowest BCUT2D eigenvalue weighted by Gasteiger charge is -2.04. The molecule has 0 aliphatic heterocycles. The molecule has 3 nitrogen and oxygen atoms in total. The van der Waals surface area contributed by atoms with Crippen molar-refractivity contribution in [2.24, 2.45) is 0 Å². The van der Waals surface area contributed by atoms with Gasteiger partial charge in [-0.15, -0.1) is 0 Å². The summed E-state index contributed by atoms with van der Waals surface area (Å²) in [4.78, 5) is 0. The van der Waals surface area contributed by atoms with Gasteiger partial charge in [0.25, 0.3) is 0 Å². The minimum absolute atomic E-state index is 0.888. The van der Waals surface area contributed by atoms with E-state index in [0.29, 0.717) is 0 Å². The first-order valence-electron chi connectivity index (χ1n) is 6.52. The van der Waals surface area contributed by atoms with Crippen LogP contribution < -0.4 is 5.32 Å². The maximum Gasteiger partial charge on any atom is 0.0650 e. The number of nitrogens with zero attached hydrogens (tertiary/aromatic N) is 2. The van der Waals surface area contributed by atoms with Crippen molar-refractivity contribution in [3.63, 3.8) is 0 Å². The van der Waals surface area contributed by atoms with E-state index >= 15 is 0 Å². The topological polar surface area (TPSA) is 29.9 Å². The molecule has 2 rings (SSSR count). The maximum absolute atomic E-state index is 4.42. The Hall–Kier alpha value is -1.61. The average Bonchev–Trinajstić information content (AvgIpc) is 2.77. The van der Waals surface area contributed by atoms with E-state index in [0.717, 1.165) is 25.2 Å². The van der Waals surface area contributed by atoms with E-state index in [4.69, 9.17) is 0 Å². The molecule has 1 aromatic heterocycles. The number of aromatic nitrogens is 2. The number of benzene rings is 1. The normalized spacial score (nSPS) is 10.8. The number of nitrogens with one attached hydrogen (secondary N) is 1. The van der Waals surface area contributed by atoms with Crippen molar-refractivity contribution < 1.29 is 0 Å². The van der Waals surface area contributed by atoms with Crippen molar-refractivity contribution in [1.29, 1.82) is 0 Å². The molecule has 1 N–H and O–H groups in total. The fraction of sp³-hybridized carbons (Fsp3) is 0.400. The molecule has 3 heteroatoms. The predicted octanol–water partition coefficient (Wildman–Crippen LogP) is 2.99. The summed E-state index contributed by atoms with van der Waals surface area (Å²) in [5, 5.41) is 7.81. The molecule has 2 aromatic rings. The Kier molecular flexibility index (Phi) is 4.15. The second-order valence-corrected chi connectivity index (χ2v) is 4.82. The van der Waals surface area contributed by atoms with Crippen molar-refractivity contribution in [2.45, 2.75) is 33.7 Å². The zero-order valence-electron chi connectivity index (χ0n) is 11.4. The van der Waals surface area contributed by atoms with E-state index in [9.17, 15) is 0 Å². The standard InChI is InChI=1S/C15H21N3/c1-4-5-16-9-14-10-17-18(11-14)15-7-12(2)6-13(3)8-15/h6-8,10-11,16H,4-5,9H2,1-3H3. The molecule has 0 spiro atoms. The molecule has 0 bridgehead atoms. The van der Waals surface area contributed by atoms with Gasteiger partial charge in [0.15, 0.2) is 0 Å². The summed E-state index contributed by atoms with van der Waals surface area (Å²) in [5.74, 6) is 0. The van der Waals surface area contributed by atoms with Crippen LogP contribution in [0.25, 0.3) is 5.69 Å². The smallest absolute Gasteiger partial charge is 0.0650 e. The average molecular weight is 243 g/mol. The molecule has 0 amide bonds. The highest BCUT2D eigenvalue weighted by Crippen LogP contribution is 2.13. The number of hydrogen-bond acceptors (Lipinski definition) is 2. The van der Waals surface area contributed by atoms with Gasteiger partial charge in [-0.3, -0.25) is 0 Å². The number of aryl methyl sites for hydroxylation is 2. The van der Waals surface area contributed by atoms with Crippen LogP contribution in [0.4, 0.5) is 0 Å². The monoisotopic (exact) mass is 243 g/mol. The van der Waals surface area contributed by atoms with Gasteiger partial charge in [0.2, 0.25) is 0 Å². The van der Waals surface area contributed by atoms with Crippen molar-refractivity contribution in [1.82, 2.24) is 15.1 Å². The van der Waals surface area contributed by atoms with E-state index in [-0.39, 0.29) is 0 Å². The van der Waals surface area contributed by atoms with Crippen LogP contribution in [0.5, 0.6) is 0 Å². The molecule has 96 valence electrons. The third-order valence-electron chi connectivity index (χ3n) is 2.86. The zero-order valence-corrected chi connectivity index (χ0v) is 11.4. The largest absolute Gasteiger partial charge is 0.313 e. The Labute approximate surface area is 109 Å². The van der Waals surface area contributed by atoms with Gasteiger partial charge in [-0.25, -0.2) is 4.68 Å². The summed E-state index contributed by atoms with van der Waals surface area (Å²) in [6.07, 6.45) is 5.18. The molecule has 0 unspecified atom stereocenters. The highest BCUT2D eigenvalue weighted by molar-refractivity contribution is 5.39. The lowest BCUT2D eigenvalue weighted by molar-refractivity contribution is 0.675. The molecule has 0 atom stereocenters. The minimum Gasteiger partial charge on any atom is -0.313 e. The first kappa shape index (κ1) is 12.8. The van der Waals surface area contributed by atoms with Crippen LogP contribution in [-0.4, -0.2) is 16.3 Å². The van der Waals surface area contributed by atoms with Crippen molar-refractivity contribution in [2.75, 3.05) is 6.54 Å². The molecule has 0 saturated carbocycles. The van der Waals surface area contributed by atoms with Crippen LogP contribution >= 0.6 is 0 Å². The molecule has 0 aliphatic rings. The van der Waals surface area contributed by atoms with Gasteiger partial charge in [-0.05, 0) is 50.1 Å².